The third-order valence-corrected chi connectivity index (χ3v) is 6.95. The van der Waals surface area contributed by atoms with Crippen LogP contribution in [-0.4, -0.2) is 43.4 Å². The van der Waals surface area contributed by atoms with Gasteiger partial charge in [0, 0.05) is 23.1 Å². The zero-order valence-electron chi connectivity index (χ0n) is 14.1. The van der Waals surface area contributed by atoms with Crippen molar-refractivity contribution in [2.24, 2.45) is 5.14 Å². The summed E-state index contributed by atoms with van der Waals surface area (Å²) in [6, 6.07) is 6.19. The first-order chi connectivity index (χ1) is 12.3. The molecular formula is C16H22N4O4S2. The fraction of sp³-hybridized carbons (Fsp3) is 0.500. The Bertz CT molecular complexity index is 799. The van der Waals surface area contributed by atoms with Crippen molar-refractivity contribution in [1.82, 2.24) is 10.6 Å². The van der Waals surface area contributed by atoms with Crippen LogP contribution in [0.3, 0.4) is 0 Å². The summed E-state index contributed by atoms with van der Waals surface area (Å²) < 4.78 is 22.7. The molecule has 0 aromatic heterocycles. The van der Waals surface area contributed by atoms with Crippen LogP contribution in [0.5, 0.6) is 0 Å². The second-order valence-electron chi connectivity index (χ2n) is 6.49. The maximum atomic E-state index is 12.0. The van der Waals surface area contributed by atoms with Gasteiger partial charge in [0.15, 0.2) is 0 Å². The number of hydrogen-bond donors (Lipinski definition) is 4. The van der Waals surface area contributed by atoms with Crippen LogP contribution >= 0.6 is 11.8 Å². The molecule has 0 aliphatic carbocycles. The molecule has 10 heteroatoms. The number of anilines is 1. The van der Waals surface area contributed by atoms with Crippen molar-refractivity contribution in [1.29, 1.82) is 0 Å². The van der Waals surface area contributed by atoms with Crippen molar-refractivity contribution < 1.29 is 18.0 Å². The molecule has 2 heterocycles. The molecule has 8 nitrogen and oxygen atoms in total. The highest BCUT2D eigenvalue weighted by Crippen LogP contribution is 2.33. The van der Waals surface area contributed by atoms with E-state index in [-0.39, 0.29) is 28.9 Å². The Balaban J connectivity index is 1.40. The molecule has 0 unspecified atom stereocenters. The first-order valence-corrected chi connectivity index (χ1v) is 11.0. The molecule has 0 bridgehead atoms. The number of nitrogens with two attached hydrogens (primary N) is 1. The number of amides is 3. The van der Waals surface area contributed by atoms with E-state index in [0.29, 0.717) is 17.4 Å². The Morgan fingerprint density at radius 1 is 1.31 bits per heavy atom. The van der Waals surface area contributed by atoms with Gasteiger partial charge in [-0.25, -0.2) is 18.4 Å². The van der Waals surface area contributed by atoms with Gasteiger partial charge < -0.3 is 16.0 Å². The maximum Gasteiger partial charge on any atom is 0.315 e. The monoisotopic (exact) mass is 398 g/mol. The van der Waals surface area contributed by atoms with Crippen molar-refractivity contribution >= 4 is 39.4 Å². The average Bonchev–Trinajstić information content (AvgIpc) is 3.10. The number of rotatable bonds is 7. The predicted octanol–water partition coefficient (Wildman–Crippen LogP) is 0.998. The standard InChI is InChI=1S/C16H22N4O4S2/c17-26(23,24)11-5-3-4-10(8-11)18-14(21)7-2-1-6-13-15-12(9-25-13)19-16(22)20-15/h3-5,8,12-13,15H,1-2,6-7,9H2,(H,18,21)(H2,17,23,24)(H2,19,20,22)/t12-,13-,15-/m0/s1. The molecule has 2 fully saturated rings. The Labute approximate surface area is 156 Å². The minimum atomic E-state index is -3.79. The Kier molecular flexibility index (Phi) is 5.73. The van der Waals surface area contributed by atoms with E-state index in [1.165, 1.54) is 18.2 Å². The SMILES string of the molecule is NS(=O)(=O)c1cccc(NC(=O)CCCC[C@@H]2SC[C@@H]3NC(=O)N[C@@H]32)c1. The third-order valence-electron chi connectivity index (χ3n) is 4.53. The van der Waals surface area contributed by atoms with Crippen molar-refractivity contribution in [3.63, 3.8) is 0 Å². The van der Waals surface area contributed by atoms with Gasteiger partial charge in [0.25, 0.3) is 0 Å². The fourth-order valence-electron chi connectivity index (χ4n) is 3.25. The van der Waals surface area contributed by atoms with E-state index in [0.717, 1.165) is 25.0 Å². The van der Waals surface area contributed by atoms with Gasteiger partial charge in [0.2, 0.25) is 15.9 Å². The molecule has 142 valence electrons. The Morgan fingerprint density at radius 3 is 2.88 bits per heavy atom. The number of benzene rings is 1. The summed E-state index contributed by atoms with van der Waals surface area (Å²) in [5, 5.41) is 14.0. The van der Waals surface area contributed by atoms with Gasteiger partial charge in [-0.2, -0.15) is 11.8 Å². The van der Waals surface area contributed by atoms with Gasteiger partial charge in [-0.15, -0.1) is 0 Å². The number of hydrogen-bond acceptors (Lipinski definition) is 5. The number of primary sulfonamides is 1. The molecule has 2 aliphatic heterocycles. The van der Waals surface area contributed by atoms with Crippen molar-refractivity contribution in [2.45, 2.75) is 47.9 Å². The van der Waals surface area contributed by atoms with Crippen molar-refractivity contribution in [3.05, 3.63) is 24.3 Å². The van der Waals surface area contributed by atoms with Crippen LogP contribution in [0.15, 0.2) is 29.2 Å². The minimum absolute atomic E-state index is 0.0321. The first kappa shape index (κ1) is 19.0. The number of thioether (sulfide) groups is 1. The van der Waals surface area contributed by atoms with E-state index < -0.39 is 10.0 Å². The lowest BCUT2D eigenvalue weighted by atomic mass is 10.0. The molecular weight excluding hydrogens is 376 g/mol. The van der Waals surface area contributed by atoms with E-state index in [1.54, 1.807) is 6.07 Å². The number of sulfonamides is 1. The largest absolute Gasteiger partial charge is 0.332 e. The molecule has 5 N–H and O–H groups in total. The fourth-order valence-corrected chi connectivity index (χ4v) is 5.35. The Hall–Kier alpha value is -1.78. The molecule has 1 aromatic rings. The number of carbonyl (C=O) groups excluding carboxylic acids is 2. The lowest BCUT2D eigenvalue weighted by molar-refractivity contribution is -0.116. The zero-order chi connectivity index (χ0) is 18.7. The van der Waals surface area contributed by atoms with E-state index in [9.17, 15) is 18.0 Å². The molecule has 3 atom stereocenters. The summed E-state index contributed by atoms with van der Waals surface area (Å²) in [6.07, 6.45) is 2.93. The van der Waals surface area contributed by atoms with Crippen LogP contribution in [-0.2, 0) is 14.8 Å². The summed E-state index contributed by atoms with van der Waals surface area (Å²) >= 11 is 1.86. The topological polar surface area (TPSA) is 130 Å². The highest BCUT2D eigenvalue weighted by molar-refractivity contribution is 8.00. The normalized spacial score (nSPS) is 24.7. The molecule has 0 saturated carbocycles. The van der Waals surface area contributed by atoms with Crippen LogP contribution in [0.25, 0.3) is 0 Å². The average molecular weight is 399 g/mol. The molecule has 2 aliphatic rings. The first-order valence-electron chi connectivity index (χ1n) is 8.44. The number of urea groups is 1. The molecule has 3 rings (SSSR count). The van der Waals surface area contributed by atoms with Crippen LogP contribution in [0.2, 0.25) is 0 Å². The van der Waals surface area contributed by atoms with Gasteiger partial charge in [0.05, 0.1) is 17.0 Å². The number of fused-ring (bicyclic) bond motifs is 1. The van der Waals surface area contributed by atoms with E-state index in [2.05, 4.69) is 16.0 Å². The van der Waals surface area contributed by atoms with Gasteiger partial charge in [-0.05, 0) is 31.0 Å². The van der Waals surface area contributed by atoms with Gasteiger partial charge in [-0.1, -0.05) is 12.5 Å². The Morgan fingerprint density at radius 2 is 2.12 bits per heavy atom. The lowest BCUT2D eigenvalue weighted by Gasteiger charge is -2.16. The van der Waals surface area contributed by atoms with Gasteiger partial charge in [-0.3, -0.25) is 4.79 Å². The quantitative estimate of drug-likeness (QED) is 0.402. The summed E-state index contributed by atoms with van der Waals surface area (Å²) in [4.78, 5) is 23.4. The number of carbonyl (C=O) groups is 2. The van der Waals surface area contributed by atoms with Crippen LogP contribution in [0.4, 0.5) is 10.5 Å². The van der Waals surface area contributed by atoms with E-state index in [4.69, 9.17) is 5.14 Å². The minimum Gasteiger partial charge on any atom is -0.332 e. The predicted molar refractivity (Wildman–Crippen MR) is 100 cm³/mol. The molecule has 2 saturated heterocycles. The number of unbranched alkanes of at least 4 members (excludes halogenated alkanes) is 1. The zero-order valence-corrected chi connectivity index (χ0v) is 15.7. The van der Waals surface area contributed by atoms with Crippen LogP contribution in [0.1, 0.15) is 25.7 Å². The maximum absolute atomic E-state index is 12.0. The van der Waals surface area contributed by atoms with Crippen molar-refractivity contribution in [3.8, 4) is 0 Å². The number of nitrogens with one attached hydrogen (secondary N) is 3. The third kappa shape index (κ3) is 4.68. The van der Waals surface area contributed by atoms with Crippen LogP contribution in [0, 0.1) is 0 Å². The highest BCUT2D eigenvalue weighted by atomic mass is 32.2. The molecule has 0 radical (unpaired) electrons. The summed E-state index contributed by atoms with van der Waals surface area (Å²) in [5.41, 5.74) is 0.412. The summed E-state index contributed by atoms with van der Waals surface area (Å²) in [5.74, 6) is 0.763. The molecule has 1 aromatic carbocycles. The van der Waals surface area contributed by atoms with Gasteiger partial charge >= 0.3 is 6.03 Å². The van der Waals surface area contributed by atoms with E-state index >= 15 is 0 Å². The summed E-state index contributed by atoms with van der Waals surface area (Å²) in [6.45, 7) is 0. The summed E-state index contributed by atoms with van der Waals surface area (Å²) in [7, 11) is -3.79. The highest BCUT2D eigenvalue weighted by Gasteiger charge is 2.42. The molecule has 26 heavy (non-hydrogen) atoms. The second kappa shape index (κ2) is 7.85. The lowest BCUT2D eigenvalue weighted by Crippen LogP contribution is -2.36. The van der Waals surface area contributed by atoms with E-state index in [1.807, 2.05) is 11.8 Å². The second-order valence-corrected chi connectivity index (χ2v) is 9.32. The smallest absolute Gasteiger partial charge is 0.315 e. The van der Waals surface area contributed by atoms with Crippen LogP contribution < -0.4 is 21.1 Å². The van der Waals surface area contributed by atoms with Crippen molar-refractivity contribution in [2.75, 3.05) is 11.1 Å². The van der Waals surface area contributed by atoms with Gasteiger partial charge in [0.1, 0.15) is 0 Å². The molecule has 0 spiro atoms. The molecule has 3 amide bonds.